The van der Waals surface area contributed by atoms with Crippen LogP contribution in [-0.2, 0) is 6.42 Å². The van der Waals surface area contributed by atoms with E-state index in [0.717, 1.165) is 37.1 Å². The Labute approximate surface area is 144 Å². The first-order valence-corrected chi connectivity index (χ1v) is 8.66. The predicted molar refractivity (Wildman–Crippen MR) is 97.7 cm³/mol. The monoisotopic (exact) mass is 337 g/mol. The molecule has 2 aromatic rings. The summed E-state index contributed by atoms with van der Waals surface area (Å²) in [4.78, 5) is 0. The van der Waals surface area contributed by atoms with Crippen molar-refractivity contribution < 1.29 is 4.74 Å². The van der Waals surface area contributed by atoms with Gasteiger partial charge in [-0.3, -0.25) is 5.10 Å². The Hall–Kier alpha value is -1.26. The van der Waals surface area contributed by atoms with Crippen molar-refractivity contribution in [1.29, 1.82) is 0 Å². The number of aryl methyl sites for hydroxylation is 1. The Bertz CT molecular complexity index is 613. The van der Waals surface area contributed by atoms with Crippen LogP contribution in [0.25, 0.3) is 10.9 Å². The highest BCUT2D eigenvalue weighted by Crippen LogP contribution is 2.31. The van der Waals surface area contributed by atoms with E-state index in [2.05, 4.69) is 41.5 Å². The molecule has 0 saturated heterocycles. The minimum absolute atomic E-state index is 0. The first-order valence-electron chi connectivity index (χ1n) is 8.66. The van der Waals surface area contributed by atoms with Gasteiger partial charge in [0.05, 0.1) is 11.7 Å². The molecule has 1 heterocycles. The number of aromatic amines is 1. The van der Waals surface area contributed by atoms with Gasteiger partial charge in [0, 0.05) is 17.0 Å². The van der Waals surface area contributed by atoms with E-state index >= 15 is 0 Å². The fourth-order valence-corrected chi connectivity index (χ4v) is 3.50. The van der Waals surface area contributed by atoms with Crippen molar-refractivity contribution in [3.05, 3.63) is 23.9 Å². The highest BCUT2D eigenvalue weighted by atomic mass is 35.5. The molecule has 3 rings (SSSR count). The van der Waals surface area contributed by atoms with E-state index in [-0.39, 0.29) is 12.4 Å². The van der Waals surface area contributed by atoms with Crippen LogP contribution in [0.15, 0.2) is 18.3 Å². The number of nitrogens with one attached hydrogen (secondary N) is 2. The zero-order valence-corrected chi connectivity index (χ0v) is 14.9. The molecule has 1 aromatic heterocycles. The molecule has 0 spiro atoms. The Kier molecular flexibility index (Phi) is 6.72. The number of aromatic nitrogens is 2. The third-order valence-electron chi connectivity index (χ3n) is 4.65. The van der Waals surface area contributed by atoms with Gasteiger partial charge in [-0.15, -0.1) is 12.4 Å². The maximum Gasteiger partial charge on any atom is 0.123 e. The number of benzene rings is 1. The molecule has 1 saturated carbocycles. The topological polar surface area (TPSA) is 49.9 Å². The van der Waals surface area contributed by atoms with Crippen LogP contribution in [0.5, 0.6) is 5.75 Å². The van der Waals surface area contributed by atoms with E-state index in [0.29, 0.717) is 12.1 Å². The normalized spacial score (nSPS) is 21.1. The SMILES string of the molecule is CCCN[C@@H]1CCC[C@@H](Oc2ccc3[nH]ncc3c2CC)C1.Cl. The summed E-state index contributed by atoms with van der Waals surface area (Å²) in [6.45, 7) is 5.51. The van der Waals surface area contributed by atoms with Crippen LogP contribution < -0.4 is 10.1 Å². The van der Waals surface area contributed by atoms with Gasteiger partial charge in [-0.25, -0.2) is 0 Å². The smallest absolute Gasteiger partial charge is 0.123 e. The lowest BCUT2D eigenvalue weighted by molar-refractivity contribution is 0.134. The number of nitrogens with zero attached hydrogens (tertiary/aromatic N) is 1. The molecular weight excluding hydrogens is 310 g/mol. The van der Waals surface area contributed by atoms with Gasteiger partial charge in [-0.2, -0.15) is 5.10 Å². The molecule has 23 heavy (non-hydrogen) atoms. The van der Waals surface area contributed by atoms with Crippen molar-refractivity contribution in [3.63, 3.8) is 0 Å². The standard InChI is InChI=1S/C18H27N3O.ClH/c1-3-10-19-13-6-5-7-14(11-13)22-18-9-8-17-16(12-20-21-17)15(18)4-2;/h8-9,12-14,19H,3-7,10-11H2,1-2H3,(H,20,21);1H/t13-,14-;/m1./s1. The molecule has 0 unspecified atom stereocenters. The molecule has 1 fully saturated rings. The van der Waals surface area contributed by atoms with Gasteiger partial charge in [0.15, 0.2) is 0 Å². The first-order chi connectivity index (χ1) is 10.8. The molecule has 1 aliphatic rings. The zero-order chi connectivity index (χ0) is 15.4. The number of fused-ring (bicyclic) bond motifs is 1. The molecule has 2 N–H and O–H groups in total. The number of hydrogen-bond acceptors (Lipinski definition) is 3. The number of halogens is 1. The summed E-state index contributed by atoms with van der Waals surface area (Å²) in [6.07, 6.45) is 9.22. The molecule has 2 atom stereocenters. The lowest BCUT2D eigenvalue weighted by Crippen LogP contribution is -2.38. The average Bonchev–Trinajstić information content (AvgIpc) is 3.02. The molecular formula is C18H28ClN3O. The highest BCUT2D eigenvalue weighted by Gasteiger charge is 2.23. The molecule has 1 aliphatic carbocycles. The second kappa shape index (κ2) is 8.55. The minimum atomic E-state index is 0. The van der Waals surface area contributed by atoms with Gasteiger partial charge >= 0.3 is 0 Å². The van der Waals surface area contributed by atoms with Gasteiger partial charge in [0.25, 0.3) is 0 Å². The van der Waals surface area contributed by atoms with Crippen LogP contribution in [0.3, 0.4) is 0 Å². The summed E-state index contributed by atoms with van der Waals surface area (Å²) >= 11 is 0. The summed E-state index contributed by atoms with van der Waals surface area (Å²) in [5, 5.41) is 12.0. The van der Waals surface area contributed by atoms with Crippen LogP contribution in [0, 0.1) is 0 Å². The van der Waals surface area contributed by atoms with E-state index in [1.807, 2.05) is 6.20 Å². The zero-order valence-electron chi connectivity index (χ0n) is 14.1. The number of rotatable bonds is 6. The lowest BCUT2D eigenvalue weighted by atomic mass is 9.92. The molecule has 0 amide bonds. The van der Waals surface area contributed by atoms with Crippen molar-refractivity contribution >= 4 is 23.3 Å². The number of hydrogen-bond donors (Lipinski definition) is 2. The average molecular weight is 338 g/mol. The molecule has 1 aromatic carbocycles. The third-order valence-corrected chi connectivity index (χ3v) is 4.65. The van der Waals surface area contributed by atoms with Crippen LogP contribution >= 0.6 is 12.4 Å². The van der Waals surface area contributed by atoms with Crippen molar-refractivity contribution in [2.24, 2.45) is 0 Å². The van der Waals surface area contributed by atoms with Gasteiger partial charge in [-0.1, -0.05) is 13.8 Å². The van der Waals surface area contributed by atoms with E-state index < -0.39 is 0 Å². The van der Waals surface area contributed by atoms with Gasteiger partial charge in [0.1, 0.15) is 11.9 Å². The van der Waals surface area contributed by atoms with Crippen LogP contribution in [0.2, 0.25) is 0 Å². The fourth-order valence-electron chi connectivity index (χ4n) is 3.50. The fraction of sp³-hybridized carbons (Fsp3) is 0.611. The maximum atomic E-state index is 6.38. The summed E-state index contributed by atoms with van der Waals surface area (Å²) in [5.74, 6) is 1.04. The van der Waals surface area contributed by atoms with Gasteiger partial charge < -0.3 is 10.1 Å². The Morgan fingerprint density at radius 2 is 2.17 bits per heavy atom. The van der Waals surface area contributed by atoms with Crippen molar-refractivity contribution in [1.82, 2.24) is 15.5 Å². The molecule has 128 valence electrons. The quantitative estimate of drug-likeness (QED) is 0.829. The third kappa shape index (κ3) is 4.18. The molecule has 0 bridgehead atoms. The molecule has 5 heteroatoms. The second-order valence-electron chi connectivity index (χ2n) is 6.28. The van der Waals surface area contributed by atoms with E-state index in [9.17, 15) is 0 Å². The van der Waals surface area contributed by atoms with E-state index in [1.165, 1.54) is 30.2 Å². The van der Waals surface area contributed by atoms with E-state index in [1.54, 1.807) is 0 Å². The van der Waals surface area contributed by atoms with Crippen molar-refractivity contribution in [2.75, 3.05) is 6.54 Å². The summed E-state index contributed by atoms with van der Waals surface area (Å²) < 4.78 is 6.38. The highest BCUT2D eigenvalue weighted by molar-refractivity contribution is 5.85. The predicted octanol–water partition coefficient (Wildman–Crippen LogP) is 4.24. The van der Waals surface area contributed by atoms with Crippen LogP contribution in [0.4, 0.5) is 0 Å². The lowest BCUT2D eigenvalue weighted by Gasteiger charge is -2.31. The molecule has 0 radical (unpaired) electrons. The molecule has 0 aliphatic heterocycles. The molecule has 4 nitrogen and oxygen atoms in total. The second-order valence-corrected chi connectivity index (χ2v) is 6.28. The first kappa shape index (κ1) is 18.1. The number of H-pyrrole nitrogens is 1. The van der Waals surface area contributed by atoms with Crippen LogP contribution in [0.1, 0.15) is 51.5 Å². The largest absolute Gasteiger partial charge is 0.490 e. The van der Waals surface area contributed by atoms with E-state index in [4.69, 9.17) is 4.74 Å². The summed E-state index contributed by atoms with van der Waals surface area (Å²) in [6, 6.07) is 4.79. The van der Waals surface area contributed by atoms with Crippen molar-refractivity contribution in [3.8, 4) is 5.75 Å². The summed E-state index contributed by atoms with van der Waals surface area (Å²) in [5.41, 5.74) is 2.37. The Morgan fingerprint density at radius 3 is 2.96 bits per heavy atom. The maximum absolute atomic E-state index is 6.38. The van der Waals surface area contributed by atoms with Crippen molar-refractivity contribution in [2.45, 2.75) is 64.5 Å². The minimum Gasteiger partial charge on any atom is -0.490 e. The van der Waals surface area contributed by atoms with Gasteiger partial charge in [-0.05, 0) is 57.2 Å². The Morgan fingerprint density at radius 1 is 1.30 bits per heavy atom. The number of ether oxygens (including phenoxy) is 1. The van der Waals surface area contributed by atoms with Gasteiger partial charge in [0.2, 0.25) is 0 Å². The summed E-state index contributed by atoms with van der Waals surface area (Å²) in [7, 11) is 0. The van der Waals surface area contributed by atoms with Crippen LogP contribution in [-0.4, -0.2) is 28.9 Å². The Balaban J connectivity index is 0.00000192.